The van der Waals surface area contributed by atoms with Gasteiger partial charge in [-0.3, -0.25) is 5.41 Å². The number of benzene rings is 4. The van der Waals surface area contributed by atoms with Gasteiger partial charge >= 0.3 is 0 Å². The molecule has 0 radical (unpaired) electrons. The molecule has 0 unspecified atom stereocenters. The van der Waals surface area contributed by atoms with Crippen molar-refractivity contribution >= 4 is 54.7 Å². The third-order valence-corrected chi connectivity index (χ3v) is 12.7. The summed E-state index contributed by atoms with van der Waals surface area (Å²) in [6.07, 6.45) is 1.71. The highest BCUT2D eigenvalue weighted by Crippen LogP contribution is 2.42. The molecule has 0 bridgehead atoms. The Balaban J connectivity index is 1.64. The van der Waals surface area contributed by atoms with Gasteiger partial charge in [0, 0.05) is 0 Å². The second-order valence-electron chi connectivity index (χ2n) is 8.89. The predicted molar refractivity (Wildman–Crippen MR) is 168 cm³/mol. The molecule has 0 aliphatic heterocycles. The number of nitrogens with two attached hydrogens (primary N) is 1. The maximum Gasteiger partial charge on any atom is 0.277 e. The molecule has 0 aliphatic carbocycles. The van der Waals surface area contributed by atoms with Gasteiger partial charge in [0.15, 0.2) is 0 Å². The number of hydrogen-bond acceptors (Lipinski definition) is 7. The van der Waals surface area contributed by atoms with Crippen LogP contribution < -0.4 is 9.44 Å². The van der Waals surface area contributed by atoms with Gasteiger partial charge in [-0.15, -0.1) is 23.1 Å². The minimum atomic E-state index is -4.64. The van der Waals surface area contributed by atoms with Crippen LogP contribution in [-0.2, 0) is 20.0 Å². The molecule has 1 heterocycles. The van der Waals surface area contributed by atoms with E-state index in [0.29, 0.717) is 7.92 Å². The van der Waals surface area contributed by atoms with E-state index in [1.165, 1.54) is 42.1 Å². The topological polar surface area (TPSA) is 121 Å². The number of nitrogens with zero attached hydrogens (tertiary/aromatic N) is 1. The van der Waals surface area contributed by atoms with Gasteiger partial charge in [0.2, 0.25) is 0 Å². The van der Waals surface area contributed by atoms with Crippen LogP contribution >= 0.6 is 23.1 Å². The van der Waals surface area contributed by atoms with Crippen molar-refractivity contribution < 1.29 is 16.8 Å². The molecule has 5 rings (SSSR count). The Morgan fingerprint density at radius 2 is 1.07 bits per heavy atom. The Hall–Kier alpha value is -3.90. The van der Waals surface area contributed by atoms with Gasteiger partial charge in [-0.25, -0.2) is 16.8 Å². The molecule has 7 nitrogen and oxygen atoms in total. The van der Waals surface area contributed by atoms with E-state index < -0.39 is 20.0 Å². The van der Waals surface area contributed by atoms with Crippen molar-refractivity contribution in [1.82, 2.24) is 0 Å². The number of anilines is 1. The van der Waals surface area contributed by atoms with Crippen LogP contribution in [0.4, 0.5) is 5.69 Å². The minimum Gasteiger partial charge on any atom is -0.383 e. The Morgan fingerprint density at radius 1 is 0.683 bits per heavy atom. The molecule has 208 valence electrons. The lowest BCUT2D eigenvalue weighted by molar-refractivity contribution is 0.584. The lowest BCUT2D eigenvalue weighted by atomic mass is 10.1. The molecule has 0 saturated heterocycles. The Bertz CT molecular complexity index is 1790. The standard InChI is InChI=1S/C30H25N3O4S4/c1-38-30-27(20-28(39-30)29(31)32)33(40(34,35)25-16-12-23(13-17-25)21-8-4-2-5-9-21)41(36,37)26-18-14-24(15-19-26)22-10-6-3-7-11-22/h2-20H,1H3,(H3,31,32). The first-order chi connectivity index (χ1) is 19.6. The van der Waals surface area contributed by atoms with E-state index >= 15 is 0 Å². The maximum absolute atomic E-state index is 14.2. The molecule has 5 aromatic rings. The van der Waals surface area contributed by atoms with Crippen molar-refractivity contribution in [2.45, 2.75) is 14.0 Å². The molecule has 41 heavy (non-hydrogen) atoms. The van der Waals surface area contributed by atoms with Crippen molar-refractivity contribution in [2.24, 2.45) is 5.73 Å². The van der Waals surface area contributed by atoms with Crippen LogP contribution in [0.3, 0.4) is 0 Å². The Morgan fingerprint density at radius 3 is 1.44 bits per heavy atom. The number of nitrogens with one attached hydrogen (secondary N) is 1. The zero-order valence-corrected chi connectivity index (χ0v) is 25.0. The highest BCUT2D eigenvalue weighted by Gasteiger charge is 2.39. The SMILES string of the molecule is CSc1sc(C(=N)N)cc1N(S(=O)(=O)c1ccc(-c2ccccc2)cc1)S(=O)(=O)c1ccc(-c2ccccc2)cc1. The first kappa shape index (κ1) is 28.6. The molecule has 0 aliphatic rings. The van der Waals surface area contributed by atoms with E-state index in [1.54, 1.807) is 30.5 Å². The molecule has 0 saturated carbocycles. The quantitative estimate of drug-likeness (QED) is 0.108. The zero-order valence-electron chi connectivity index (χ0n) is 21.8. The van der Waals surface area contributed by atoms with Crippen LogP contribution in [0.2, 0.25) is 0 Å². The fourth-order valence-electron chi connectivity index (χ4n) is 4.25. The monoisotopic (exact) mass is 619 g/mol. The molecule has 4 aromatic carbocycles. The fraction of sp³-hybridized carbons (Fsp3) is 0.0333. The van der Waals surface area contributed by atoms with Crippen molar-refractivity contribution in [1.29, 1.82) is 5.41 Å². The summed E-state index contributed by atoms with van der Waals surface area (Å²) in [7, 11) is -9.28. The molecular weight excluding hydrogens is 595 g/mol. The second kappa shape index (κ2) is 11.5. The third-order valence-electron chi connectivity index (χ3n) is 6.28. The van der Waals surface area contributed by atoms with E-state index in [4.69, 9.17) is 11.1 Å². The summed E-state index contributed by atoms with van der Waals surface area (Å²) in [5.41, 5.74) is 8.99. The van der Waals surface area contributed by atoms with E-state index in [1.807, 2.05) is 60.7 Å². The van der Waals surface area contributed by atoms with Crippen molar-refractivity contribution in [3.8, 4) is 22.3 Å². The van der Waals surface area contributed by atoms with Crippen LogP contribution in [0.5, 0.6) is 0 Å². The lowest BCUT2D eigenvalue weighted by Gasteiger charge is -2.24. The smallest absolute Gasteiger partial charge is 0.277 e. The van der Waals surface area contributed by atoms with Gasteiger partial charge in [-0.2, -0.15) is 3.71 Å². The molecule has 3 N–H and O–H groups in total. The summed E-state index contributed by atoms with van der Waals surface area (Å²) in [5.74, 6) is -0.286. The summed E-state index contributed by atoms with van der Waals surface area (Å²) in [6, 6.07) is 32.4. The maximum atomic E-state index is 14.2. The largest absolute Gasteiger partial charge is 0.383 e. The van der Waals surface area contributed by atoms with E-state index in [9.17, 15) is 16.8 Å². The van der Waals surface area contributed by atoms with Crippen LogP contribution in [0.25, 0.3) is 22.3 Å². The molecule has 11 heteroatoms. The Kier molecular flexibility index (Phi) is 8.05. The van der Waals surface area contributed by atoms with E-state index in [2.05, 4.69) is 0 Å². The van der Waals surface area contributed by atoms with Crippen molar-refractivity contribution in [3.05, 3.63) is 120 Å². The zero-order chi connectivity index (χ0) is 29.2. The molecular formula is C30H25N3O4S4. The van der Waals surface area contributed by atoms with Gasteiger partial charge in [0.25, 0.3) is 20.0 Å². The molecule has 1 aromatic heterocycles. The molecule has 0 spiro atoms. The normalized spacial score (nSPS) is 11.7. The van der Waals surface area contributed by atoms with Gasteiger partial charge < -0.3 is 5.73 Å². The summed E-state index contributed by atoms with van der Waals surface area (Å²) in [6.45, 7) is 0. The van der Waals surface area contributed by atoms with Crippen molar-refractivity contribution in [2.75, 3.05) is 9.97 Å². The van der Waals surface area contributed by atoms with Crippen molar-refractivity contribution in [3.63, 3.8) is 0 Å². The number of nitrogen functional groups attached to an aromatic ring is 1. The first-order valence-electron chi connectivity index (χ1n) is 12.3. The van der Waals surface area contributed by atoms with E-state index in [-0.39, 0.29) is 26.2 Å². The summed E-state index contributed by atoms with van der Waals surface area (Å²) < 4.78 is 57.6. The molecule has 0 amide bonds. The van der Waals surface area contributed by atoms with Crippen LogP contribution in [-0.4, -0.2) is 28.9 Å². The third kappa shape index (κ3) is 5.66. The average molecular weight is 620 g/mol. The minimum absolute atomic E-state index is 0.0769. The number of rotatable bonds is 9. The van der Waals surface area contributed by atoms with Gasteiger partial charge in [-0.1, -0.05) is 84.9 Å². The highest BCUT2D eigenvalue weighted by atomic mass is 32.3. The van der Waals surface area contributed by atoms with Gasteiger partial charge in [0.05, 0.1) is 24.6 Å². The molecule has 0 atom stereocenters. The van der Waals surface area contributed by atoms with Crippen LogP contribution in [0.1, 0.15) is 4.88 Å². The summed E-state index contributed by atoms with van der Waals surface area (Å²) in [4.78, 5) is -0.118. The number of thioether (sulfide) groups is 1. The number of sulfonamides is 2. The van der Waals surface area contributed by atoms with E-state index in [0.717, 1.165) is 33.6 Å². The number of hydrogen-bond donors (Lipinski definition) is 2. The predicted octanol–water partition coefficient (Wildman–Crippen LogP) is 6.67. The highest BCUT2D eigenvalue weighted by molar-refractivity contribution is 8.10. The first-order valence-corrected chi connectivity index (χ1v) is 17.2. The van der Waals surface area contributed by atoms with Crippen LogP contribution in [0.15, 0.2) is 129 Å². The van der Waals surface area contributed by atoms with Gasteiger partial charge in [0.1, 0.15) is 5.84 Å². The van der Waals surface area contributed by atoms with Crippen LogP contribution in [0, 0.1) is 5.41 Å². The number of thiophene rings is 1. The fourth-order valence-corrected chi connectivity index (χ4v) is 9.88. The Labute approximate surface area is 247 Å². The second-order valence-corrected chi connectivity index (χ2v) is 14.8. The van der Waals surface area contributed by atoms with Gasteiger partial charge in [-0.05, 0) is 58.8 Å². The summed E-state index contributed by atoms with van der Waals surface area (Å²) in [5, 5.41) is 7.87. The summed E-state index contributed by atoms with van der Waals surface area (Å²) >= 11 is 2.24. The lowest BCUT2D eigenvalue weighted by Crippen LogP contribution is -2.37. The molecule has 0 fully saturated rings. The average Bonchev–Trinajstić information content (AvgIpc) is 3.42. The number of amidine groups is 1.